The number of amides is 1. The monoisotopic (exact) mass is 516 g/mol. The summed E-state index contributed by atoms with van der Waals surface area (Å²) in [6, 6.07) is 16.5. The lowest BCUT2D eigenvalue weighted by Crippen LogP contribution is -2.29. The molecule has 37 heavy (non-hydrogen) atoms. The highest BCUT2D eigenvalue weighted by atomic mass is 32.1. The number of anilines is 1. The van der Waals surface area contributed by atoms with Crippen molar-refractivity contribution < 1.29 is 28.9 Å². The molecule has 9 heteroatoms. The molecule has 1 aromatic heterocycles. The molecule has 8 nitrogen and oxygen atoms in total. The Kier molecular flexibility index (Phi) is 6.31. The third-order valence-corrected chi connectivity index (χ3v) is 7.28. The molecule has 5 rings (SSSR count). The molecule has 1 saturated heterocycles. The number of Topliss-reactive ketones (excluding diaryl/α,β-unsaturated/α-hetero) is 1. The molecular formula is C28H24N2O6S. The highest BCUT2D eigenvalue weighted by Crippen LogP contribution is 2.47. The lowest BCUT2D eigenvalue weighted by atomic mass is 9.94. The predicted octanol–water partition coefficient (Wildman–Crippen LogP) is 5.26. The Labute approximate surface area is 217 Å². The van der Waals surface area contributed by atoms with Crippen LogP contribution in [0.2, 0.25) is 0 Å². The number of aliphatic hydroxyl groups excluding tert-OH is 1. The quantitative estimate of drug-likeness (QED) is 0.212. The molecule has 0 radical (unpaired) electrons. The van der Waals surface area contributed by atoms with Crippen LogP contribution in [0.25, 0.3) is 16.0 Å². The fourth-order valence-corrected chi connectivity index (χ4v) is 5.52. The summed E-state index contributed by atoms with van der Waals surface area (Å²) >= 11 is 1.30. The Balaban J connectivity index is 1.79. The number of carbonyl (C=O) groups is 2. The van der Waals surface area contributed by atoms with Crippen molar-refractivity contribution in [3.05, 3.63) is 82.9 Å². The van der Waals surface area contributed by atoms with E-state index in [1.807, 2.05) is 25.1 Å². The second-order valence-electron chi connectivity index (χ2n) is 8.48. The third-order valence-electron chi connectivity index (χ3n) is 6.26. The zero-order chi connectivity index (χ0) is 26.3. The minimum atomic E-state index is -1.02. The summed E-state index contributed by atoms with van der Waals surface area (Å²) in [7, 11) is 4.53. The van der Waals surface area contributed by atoms with Crippen LogP contribution in [-0.4, -0.2) is 43.1 Å². The Hall–Kier alpha value is -4.37. The van der Waals surface area contributed by atoms with Gasteiger partial charge in [0.05, 0.1) is 37.1 Å². The molecule has 0 bridgehead atoms. The van der Waals surface area contributed by atoms with E-state index in [-0.39, 0.29) is 11.3 Å². The molecule has 1 aliphatic rings. The van der Waals surface area contributed by atoms with E-state index in [9.17, 15) is 14.7 Å². The number of hydrogen-bond donors (Lipinski definition) is 1. The number of hydrogen-bond acceptors (Lipinski definition) is 8. The Morgan fingerprint density at radius 3 is 2.43 bits per heavy atom. The number of nitrogens with zero attached hydrogens (tertiary/aromatic N) is 2. The van der Waals surface area contributed by atoms with Crippen molar-refractivity contribution in [1.29, 1.82) is 0 Å². The molecule has 1 fully saturated rings. The molecule has 0 unspecified atom stereocenters. The minimum Gasteiger partial charge on any atom is -0.507 e. The number of carbonyl (C=O) groups excluding carboxylic acids is 2. The van der Waals surface area contributed by atoms with Crippen LogP contribution in [0.5, 0.6) is 17.2 Å². The number of aromatic nitrogens is 1. The first-order chi connectivity index (χ1) is 17.9. The van der Waals surface area contributed by atoms with Gasteiger partial charge in [-0.2, -0.15) is 0 Å². The van der Waals surface area contributed by atoms with Crippen LogP contribution in [0.1, 0.15) is 22.7 Å². The normalized spacial score (nSPS) is 16.9. The molecular weight excluding hydrogens is 492 g/mol. The van der Waals surface area contributed by atoms with Gasteiger partial charge in [0.15, 0.2) is 5.13 Å². The molecule has 1 amide bonds. The predicted molar refractivity (Wildman–Crippen MR) is 142 cm³/mol. The zero-order valence-corrected chi connectivity index (χ0v) is 21.5. The summed E-state index contributed by atoms with van der Waals surface area (Å²) in [6.07, 6.45) is 0. The number of aryl methyl sites for hydroxylation is 1. The molecule has 3 aromatic carbocycles. The van der Waals surface area contributed by atoms with Crippen LogP contribution >= 0.6 is 11.3 Å². The number of aliphatic hydroxyl groups is 1. The van der Waals surface area contributed by atoms with Crippen molar-refractivity contribution in [3.8, 4) is 17.2 Å². The lowest BCUT2D eigenvalue weighted by Gasteiger charge is -2.25. The largest absolute Gasteiger partial charge is 0.507 e. The Morgan fingerprint density at radius 1 is 0.946 bits per heavy atom. The highest BCUT2D eigenvalue weighted by molar-refractivity contribution is 7.22. The molecule has 1 aliphatic heterocycles. The number of rotatable bonds is 6. The van der Waals surface area contributed by atoms with Gasteiger partial charge in [0.25, 0.3) is 5.78 Å². The van der Waals surface area contributed by atoms with Gasteiger partial charge in [-0.25, -0.2) is 4.98 Å². The van der Waals surface area contributed by atoms with E-state index >= 15 is 0 Å². The smallest absolute Gasteiger partial charge is 0.301 e. The third kappa shape index (κ3) is 4.17. The molecule has 188 valence electrons. The second kappa shape index (κ2) is 9.59. The van der Waals surface area contributed by atoms with E-state index in [4.69, 9.17) is 14.2 Å². The zero-order valence-electron chi connectivity index (χ0n) is 20.6. The van der Waals surface area contributed by atoms with Crippen molar-refractivity contribution in [2.24, 2.45) is 0 Å². The van der Waals surface area contributed by atoms with Gasteiger partial charge < -0.3 is 19.3 Å². The van der Waals surface area contributed by atoms with Gasteiger partial charge in [0.2, 0.25) is 0 Å². The number of ketones is 1. The van der Waals surface area contributed by atoms with E-state index in [1.54, 1.807) is 42.5 Å². The van der Waals surface area contributed by atoms with Gasteiger partial charge in [-0.15, -0.1) is 0 Å². The van der Waals surface area contributed by atoms with Gasteiger partial charge in [0, 0.05) is 11.1 Å². The molecule has 0 spiro atoms. The van der Waals surface area contributed by atoms with Crippen LogP contribution in [0.3, 0.4) is 0 Å². The van der Waals surface area contributed by atoms with E-state index < -0.39 is 17.7 Å². The van der Waals surface area contributed by atoms with Crippen LogP contribution in [-0.2, 0) is 9.59 Å². The number of ether oxygens (including phenoxy) is 3. The summed E-state index contributed by atoms with van der Waals surface area (Å²) in [5.41, 5.74) is 2.48. The van der Waals surface area contributed by atoms with Crippen molar-refractivity contribution in [2.75, 3.05) is 26.2 Å². The standard InChI is InChI=1S/C28H24N2O6S/c1-15-8-10-20-22(12-15)37-28(29-20)30-24(19-14-18(35-3)9-11-21(19)36-4)23(26(32)27(30)33)25(31)16-6-5-7-17(13-16)34-2/h5-14,24,31H,1-4H3/t24-/m1/s1. The number of benzene rings is 3. The number of methoxy groups -OCH3 is 3. The molecule has 4 aromatic rings. The molecule has 0 aliphatic carbocycles. The maximum Gasteiger partial charge on any atom is 0.301 e. The minimum absolute atomic E-state index is 0.0831. The van der Waals surface area contributed by atoms with Gasteiger partial charge in [-0.1, -0.05) is 29.5 Å². The van der Waals surface area contributed by atoms with Crippen LogP contribution in [0.4, 0.5) is 5.13 Å². The van der Waals surface area contributed by atoms with Crippen molar-refractivity contribution >= 4 is 44.1 Å². The summed E-state index contributed by atoms with van der Waals surface area (Å²) in [6.45, 7) is 1.97. The summed E-state index contributed by atoms with van der Waals surface area (Å²) in [4.78, 5) is 33.1. The summed E-state index contributed by atoms with van der Waals surface area (Å²) < 4.78 is 17.2. The van der Waals surface area contributed by atoms with Crippen LogP contribution in [0.15, 0.2) is 66.2 Å². The topological polar surface area (TPSA) is 98.2 Å². The molecule has 1 N–H and O–H groups in total. The SMILES string of the molecule is COc1cccc(C(O)=C2C(=O)C(=O)N(c3nc4ccc(C)cc4s3)[C@@H]2c2cc(OC)ccc2OC)c1. The fraction of sp³-hybridized carbons (Fsp3) is 0.179. The van der Waals surface area contributed by atoms with Gasteiger partial charge in [0.1, 0.15) is 29.0 Å². The maximum absolute atomic E-state index is 13.6. The van der Waals surface area contributed by atoms with E-state index in [0.29, 0.717) is 39.0 Å². The van der Waals surface area contributed by atoms with E-state index in [0.717, 1.165) is 10.3 Å². The Morgan fingerprint density at radius 2 is 1.70 bits per heavy atom. The first-order valence-electron chi connectivity index (χ1n) is 11.4. The second-order valence-corrected chi connectivity index (χ2v) is 9.49. The maximum atomic E-state index is 13.6. The molecule has 1 atom stereocenters. The van der Waals surface area contributed by atoms with E-state index in [1.165, 1.54) is 37.6 Å². The summed E-state index contributed by atoms with van der Waals surface area (Å²) in [5.74, 6) is -0.531. The van der Waals surface area contributed by atoms with Crippen LogP contribution in [0, 0.1) is 6.92 Å². The number of fused-ring (bicyclic) bond motifs is 1. The summed E-state index contributed by atoms with van der Waals surface area (Å²) in [5, 5.41) is 11.8. The molecule has 0 saturated carbocycles. The van der Waals surface area contributed by atoms with Crippen molar-refractivity contribution in [1.82, 2.24) is 4.98 Å². The Bertz CT molecular complexity index is 1570. The molecule has 2 heterocycles. The van der Waals surface area contributed by atoms with Gasteiger partial charge in [-0.05, 0) is 55.0 Å². The first-order valence-corrected chi connectivity index (χ1v) is 12.2. The van der Waals surface area contributed by atoms with E-state index in [2.05, 4.69) is 4.98 Å². The lowest BCUT2D eigenvalue weighted by molar-refractivity contribution is -0.132. The van der Waals surface area contributed by atoms with Gasteiger partial charge in [-0.3, -0.25) is 14.5 Å². The van der Waals surface area contributed by atoms with Crippen LogP contribution < -0.4 is 19.1 Å². The number of thiazole rings is 1. The average Bonchev–Trinajstić information content (AvgIpc) is 3.45. The highest BCUT2D eigenvalue weighted by Gasteiger charge is 2.49. The average molecular weight is 517 g/mol. The van der Waals surface area contributed by atoms with Crippen molar-refractivity contribution in [3.63, 3.8) is 0 Å². The first kappa shape index (κ1) is 24.3. The fourth-order valence-electron chi connectivity index (χ4n) is 4.43. The van der Waals surface area contributed by atoms with Gasteiger partial charge >= 0.3 is 5.91 Å². The van der Waals surface area contributed by atoms with Crippen molar-refractivity contribution in [2.45, 2.75) is 13.0 Å².